The van der Waals surface area contributed by atoms with Gasteiger partial charge in [0.1, 0.15) is 0 Å². The number of carbonyl (C=O) groups excluding carboxylic acids is 1. The van der Waals surface area contributed by atoms with Gasteiger partial charge in [-0.15, -0.1) is 0 Å². The lowest BCUT2D eigenvalue weighted by molar-refractivity contribution is -0.131. The molecule has 50 valence electrons. The fraction of sp³-hybridized carbons (Fsp3) is 0.500. The summed E-state index contributed by atoms with van der Waals surface area (Å²) in [5.41, 5.74) is 2.80. The molecule has 0 unspecified atom stereocenters. The molecule has 9 heavy (non-hydrogen) atoms. The summed E-state index contributed by atoms with van der Waals surface area (Å²) in [6.45, 7) is 0. The smallest absolute Gasteiger partial charge is 0.240 e. The molecular formula is C6H10N2O. The Labute approximate surface area is 54.3 Å². The second kappa shape index (κ2) is 2.53. The molecule has 1 aliphatic heterocycles. The van der Waals surface area contributed by atoms with E-state index >= 15 is 0 Å². The second-order valence-electron chi connectivity index (χ2n) is 2.02. The van der Waals surface area contributed by atoms with E-state index in [0.717, 1.165) is 6.42 Å². The maximum absolute atomic E-state index is 10.8. The van der Waals surface area contributed by atoms with Gasteiger partial charge in [0.2, 0.25) is 5.91 Å². The molecule has 1 aliphatic rings. The van der Waals surface area contributed by atoms with Crippen molar-refractivity contribution >= 4 is 5.91 Å². The highest BCUT2D eigenvalue weighted by molar-refractivity contribution is 5.75. The van der Waals surface area contributed by atoms with Crippen LogP contribution in [0.4, 0.5) is 0 Å². The lowest BCUT2D eigenvalue weighted by Crippen LogP contribution is -2.34. The predicted octanol–water partition coefficient (Wildman–Crippen LogP) is 0.257. The summed E-state index contributed by atoms with van der Waals surface area (Å²) in [7, 11) is 1.72. The summed E-state index contributed by atoms with van der Waals surface area (Å²) in [5, 5.41) is 1.49. The van der Waals surface area contributed by atoms with E-state index in [1.807, 2.05) is 6.08 Å². The Morgan fingerprint density at radius 2 is 2.56 bits per heavy atom. The first kappa shape index (κ1) is 6.13. The zero-order chi connectivity index (χ0) is 6.69. The number of nitrogens with zero attached hydrogens (tertiary/aromatic N) is 1. The number of hydrogen-bond donors (Lipinski definition) is 1. The minimum Gasteiger partial charge on any atom is -0.304 e. The molecule has 0 aromatic heterocycles. The van der Waals surface area contributed by atoms with Crippen molar-refractivity contribution < 1.29 is 4.79 Å². The highest BCUT2D eigenvalue weighted by atomic mass is 16.2. The summed E-state index contributed by atoms with van der Waals surface area (Å²) in [5.74, 6) is 0.139. The van der Waals surface area contributed by atoms with E-state index in [9.17, 15) is 4.79 Å². The van der Waals surface area contributed by atoms with Gasteiger partial charge in [-0.25, -0.2) is 0 Å². The molecule has 0 aliphatic carbocycles. The highest BCUT2D eigenvalue weighted by Gasteiger charge is 2.06. The molecule has 1 heterocycles. The van der Waals surface area contributed by atoms with Crippen LogP contribution in [0.15, 0.2) is 12.3 Å². The van der Waals surface area contributed by atoms with Crippen molar-refractivity contribution in [3.63, 3.8) is 0 Å². The minimum absolute atomic E-state index is 0.139. The van der Waals surface area contributed by atoms with Gasteiger partial charge in [-0.3, -0.25) is 9.80 Å². The van der Waals surface area contributed by atoms with Gasteiger partial charge in [0.05, 0.1) is 0 Å². The SMILES string of the molecule is CN1NC=CCCC1=O. The number of hydrazine groups is 1. The molecular weight excluding hydrogens is 116 g/mol. The highest BCUT2D eigenvalue weighted by Crippen LogP contribution is 1.97. The van der Waals surface area contributed by atoms with Crippen molar-refractivity contribution in [2.45, 2.75) is 12.8 Å². The summed E-state index contributed by atoms with van der Waals surface area (Å²) in [6.07, 6.45) is 5.18. The van der Waals surface area contributed by atoms with E-state index < -0.39 is 0 Å². The second-order valence-corrected chi connectivity index (χ2v) is 2.02. The molecule has 0 spiro atoms. The van der Waals surface area contributed by atoms with Crippen molar-refractivity contribution in [2.75, 3.05) is 7.05 Å². The van der Waals surface area contributed by atoms with Gasteiger partial charge in [0, 0.05) is 19.7 Å². The first-order valence-corrected chi connectivity index (χ1v) is 2.98. The van der Waals surface area contributed by atoms with Crippen LogP contribution in [0.5, 0.6) is 0 Å². The van der Waals surface area contributed by atoms with Crippen LogP contribution < -0.4 is 5.43 Å². The van der Waals surface area contributed by atoms with Crippen molar-refractivity contribution in [2.24, 2.45) is 0 Å². The number of rotatable bonds is 0. The lowest BCUT2D eigenvalue weighted by atomic mass is 10.3. The molecule has 0 fully saturated rings. The molecule has 1 N–H and O–H groups in total. The number of hydrogen-bond acceptors (Lipinski definition) is 2. The number of allylic oxidation sites excluding steroid dienone is 1. The normalized spacial score (nSPS) is 19.2. The predicted molar refractivity (Wildman–Crippen MR) is 34.3 cm³/mol. The molecule has 1 rings (SSSR count). The van der Waals surface area contributed by atoms with Gasteiger partial charge in [-0.05, 0) is 6.42 Å². The van der Waals surface area contributed by atoms with Gasteiger partial charge in [0.25, 0.3) is 0 Å². The first-order chi connectivity index (χ1) is 4.30. The Hall–Kier alpha value is -0.990. The molecule has 0 radical (unpaired) electrons. The van der Waals surface area contributed by atoms with Gasteiger partial charge < -0.3 is 5.43 Å². The lowest BCUT2D eigenvalue weighted by Gasteiger charge is -2.13. The van der Waals surface area contributed by atoms with Gasteiger partial charge in [-0.1, -0.05) is 6.08 Å². The largest absolute Gasteiger partial charge is 0.304 e. The quantitative estimate of drug-likeness (QED) is 0.505. The fourth-order valence-corrected chi connectivity index (χ4v) is 0.694. The Balaban J connectivity index is 2.52. The van der Waals surface area contributed by atoms with E-state index in [0.29, 0.717) is 6.42 Å². The Bertz CT molecular complexity index is 142. The van der Waals surface area contributed by atoms with Crippen molar-refractivity contribution in [3.8, 4) is 0 Å². The van der Waals surface area contributed by atoms with Gasteiger partial charge in [-0.2, -0.15) is 0 Å². The van der Waals surface area contributed by atoms with Crippen LogP contribution in [0.2, 0.25) is 0 Å². The van der Waals surface area contributed by atoms with Crippen LogP contribution in [-0.4, -0.2) is 18.0 Å². The average Bonchev–Trinajstić information content (AvgIpc) is 1.99. The van der Waals surface area contributed by atoms with Crippen molar-refractivity contribution in [1.29, 1.82) is 0 Å². The van der Waals surface area contributed by atoms with Crippen LogP contribution >= 0.6 is 0 Å². The monoisotopic (exact) mass is 126 g/mol. The summed E-state index contributed by atoms with van der Waals surface area (Å²) in [4.78, 5) is 10.8. The molecule has 3 heteroatoms. The zero-order valence-corrected chi connectivity index (χ0v) is 5.42. The van der Waals surface area contributed by atoms with E-state index in [-0.39, 0.29) is 5.91 Å². The summed E-state index contributed by atoms with van der Waals surface area (Å²) < 4.78 is 0. The molecule has 0 aromatic rings. The topological polar surface area (TPSA) is 32.3 Å². The van der Waals surface area contributed by atoms with Crippen LogP contribution in [0.3, 0.4) is 0 Å². The van der Waals surface area contributed by atoms with Crippen LogP contribution in [0.1, 0.15) is 12.8 Å². The van der Waals surface area contributed by atoms with Crippen LogP contribution in [-0.2, 0) is 4.79 Å². The first-order valence-electron chi connectivity index (χ1n) is 2.98. The van der Waals surface area contributed by atoms with Crippen LogP contribution in [0.25, 0.3) is 0 Å². The third kappa shape index (κ3) is 1.45. The van der Waals surface area contributed by atoms with Gasteiger partial charge >= 0.3 is 0 Å². The molecule has 0 saturated carbocycles. The van der Waals surface area contributed by atoms with E-state index in [1.165, 1.54) is 5.01 Å². The molecule has 0 bridgehead atoms. The Morgan fingerprint density at radius 1 is 1.78 bits per heavy atom. The van der Waals surface area contributed by atoms with Crippen molar-refractivity contribution in [1.82, 2.24) is 10.4 Å². The maximum Gasteiger partial charge on any atom is 0.240 e. The molecule has 0 atom stereocenters. The third-order valence-electron chi connectivity index (χ3n) is 1.29. The van der Waals surface area contributed by atoms with E-state index in [2.05, 4.69) is 5.43 Å². The Kier molecular flexibility index (Phi) is 1.72. The van der Waals surface area contributed by atoms with E-state index in [4.69, 9.17) is 0 Å². The number of nitrogens with one attached hydrogen (secondary N) is 1. The third-order valence-corrected chi connectivity index (χ3v) is 1.29. The summed E-state index contributed by atoms with van der Waals surface area (Å²) in [6, 6.07) is 0. The zero-order valence-electron chi connectivity index (χ0n) is 5.42. The average molecular weight is 126 g/mol. The standard InChI is InChI=1S/C6H10N2O/c1-8-6(9)4-2-3-5-7-8/h3,5,7H,2,4H2,1H3. The number of amides is 1. The number of carbonyl (C=O) groups is 1. The Morgan fingerprint density at radius 3 is 3.33 bits per heavy atom. The summed E-state index contributed by atoms with van der Waals surface area (Å²) >= 11 is 0. The van der Waals surface area contributed by atoms with Gasteiger partial charge in [0.15, 0.2) is 0 Å². The molecule has 0 saturated heterocycles. The molecule has 0 aromatic carbocycles. The molecule has 1 amide bonds. The maximum atomic E-state index is 10.8. The fourth-order valence-electron chi connectivity index (χ4n) is 0.694. The van der Waals surface area contributed by atoms with Crippen molar-refractivity contribution in [3.05, 3.63) is 12.3 Å². The minimum atomic E-state index is 0.139. The van der Waals surface area contributed by atoms with E-state index in [1.54, 1.807) is 13.2 Å². The molecule has 3 nitrogen and oxygen atoms in total. The van der Waals surface area contributed by atoms with Crippen LogP contribution in [0, 0.1) is 0 Å².